The molecule has 2 N–H and O–H groups in total. The molecule has 0 amide bonds. The fourth-order valence-electron chi connectivity index (χ4n) is 2.63. The maximum atomic E-state index is 8.95. The molecule has 0 aliphatic carbocycles. The van der Waals surface area contributed by atoms with E-state index in [1.165, 1.54) is 0 Å². The van der Waals surface area contributed by atoms with Gasteiger partial charge in [0.2, 0.25) is 0 Å². The van der Waals surface area contributed by atoms with Crippen molar-refractivity contribution < 1.29 is 9.84 Å². The van der Waals surface area contributed by atoms with Gasteiger partial charge in [-0.15, -0.1) is 0 Å². The SMILES string of the molecule is CCNC(=NCCO)N1CCN(c2ccccc2OC)CC1. The van der Waals surface area contributed by atoms with Gasteiger partial charge < -0.3 is 25.0 Å². The molecule has 1 fully saturated rings. The van der Waals surface area contributed by atoms with Crippen molar-refractivity contribution >= 4 is 11.6 Å². The lowest BCUT2D eigenvalue weighted by atomic mass is 10.2. The van der Waals surface area contributed by atoms with Gasteiger partial charge in [0.05, 0.1) is 25.9 Å². The van der Waals surface area contributed by atoms with Gasteiger partial charge in [-0.1, -0.05) is 12.1 Å². The summed E-state index contributed by atoms with van der Waals surface area (Å²) in [6.07, 6.45) is 0. The molecule has 0 radical (unpaired) electrons. The number of anilines is 1. The number of methoxy groups -OCH3 is 1. The molecule has 6 nitrogen and oxygen atoms in total. The van der Waals surface area contributed by atoms with E-state index in [2.05, 4.69) is 33.1 Å². The van der Waals surface area contributed by atoms with Crippen molar-refractivity contribution in [3.05, 3.63) is 24.3 Å². The predicted octanol–water partition coefficient (Wildman–Crippen LogP) is 0.775. The Morgan fingerprint density at radius 3 is 2.64 bits per heavy atom. The number of ether oxygens (including phenoxy) is 1. The van der Waals surface area contributed by atoms with Gasteiger partial charge in [0.1, 0.15) is 5.75 Å². The zero-order valence-electron chi connectivity index (χ0n) is 13.5. The first-order valence-electron chi connectivity index (χ1n) is 7.82. The fourth-order valence-corrected chi connectivity index (χ4v) is 2.63. The number of hydrogen-bond donors (Lipinski definition) is 2. The second kappa shape index (κ2) is 8.48. The van der Waals surface area contributed by atoms with Gasteiger partial charge in [0.25, 0.3) is 0 Å². The van der Waals surface area contributed by atoms with E-state index in [0.29, 0.717) is 6.54 Å². The molecule has 0 atom stereocenters. The Balaban J connectivity index is 2.00. The van der Waals surface area contributed by atoms with Gasteiger partial charge in [-0.25, -0.2) is 0 Å². The quantitative estimate of drug-likeness (QED) is 0.622. The highest BCUT2D eigenvalue weighted by atomic mass is 16.5. The lowest BCUT2D eigenvalue weighted by Crippen LogP contribution is -2.52. The van der Waals surface area contributed by atoms with Crippen molar-refractivity contribution in [2.75, 3.05) is 57.9 Å². The van der Waals surface area contributed by atoms with Gasteiger partial charge in [-0.3, -0.25) is 4.99 Å². The third-order valence-corrected chi connectivity index (χ3v) is 3.70. The van der Waals surface area contributed by atoms with E-state index < -0.39 is 0 Å². The Kier molecular flexibility index (Phi) is 6.33. The van der Waals surface area contributed by atoms with Crippen LogP contribution < -0.4 is 15.0 Å². The molecule has 0 bridgehead atoms. The molecule has 2 rings (SSSR count). The lowest BCUT2D eigenvalue weighted by Gasteiger charge is -2.38. The lowest BCUT2D eigenvalue weighted by molar-refractivity contribution is 0.304. The molecular weight excluding hydrogens is 280 g/mol. The third kappa shape index (κ3) is 4.04. The molecule has 0 saturated carbocycles. The Bertz CT molecular complexity index is 485. The Hall–Kier alpha value is -1.95. The Morgan fingerprint density at radius 2 is 2.00 bits per heavy atom. The van der Waals surface area contributed by atoms with Gasteiger partial charge in [0.15, 0.2) is 5.96 Å². The van der Waals surface area contributed by atoms with E-state index in [9.17, 15) is 0 Å². The smallest absolute Gasteiger partial charge is 0.194 e. The van der Waals surface area contributed by atoms with Crippen LogP contribution in [0.15, 0.2) is 29.3 Å². The van der Waals surface area contributed by atoms with E-state index >= 15 is 0 Å². The third-order valence-electron chi connectivity index (χ3n) is 3.70. The van der Waals surface area contributed by atoms with Crippen LogP contribution in [0.2, 0.25) is 0 Å². The fraction of sp³-hybridized carbons (Fsp3) is 0.562. The number of nitrogens with one attached hydrogen (secondary N) is 1. The molecule has 6 heteroatoms. The van der Waals surface area contributed by atoms with Gasteiger partial charge in [-0.05, 0) is 19.1 Å². The number of aliphatic imine (C=N–C) groups is 1. The number of aliphatic hydroxyl groups excluding tert-OH is 1. The van der Waals surface area contributed by atoms with Crippen LogP contribution in [0.3, 0.4) is 0 Å². The number of piperazine rings is 1. The molecule has 1 aromatic rings. The number of para-hydroxylation sites is 2. The van der Waals surface area contributed by atoms with Crippen LogP contribution in [-0.2, 0) is 0 Å². The van der Waals surface area contributed by atoms with Crippen LogP contribution in [-0.4, -0.2) is 69.0 Å². The summed E-state index contributed by atoms with van der Waals surface area (Å²) in [4.78, 5) is 9.00. The molecule has 1 aliphatic heterocycles. The first kappa shape index (κ1) is 16.4. The largest absolute Gasteiger partial charge is 0.495 e. The maximum Gasteiger partial charge on any atom is 0.194 e. The monoisotopic (exact) mass is 306 g/mol. The van der Waals surface area contributed by atoms with Gasteiger partial charge in [0, 0.05) is 32.7 Å². The summed E-state index contributed by atoms with van der Waals surface area (Å²) in [5.41, 5.74) is 1.14. The summed E-state index contributed by atoms with van der Waals surface area (Å²) in [7, 11) is 1.71. The van der Waals surface area contributed by atoms with E-state index in [1.807, 2.05) is 18.2 Å². The standard InChI is InChI=1S/C16H26N4O2/c1-3-17-16(18-8-13-21)20-11-9-19(10-12-20)14-6-4-5-7-15(14)22-2/h4-7,21H,3,8-13H2,1-2H3,(H,17,18). The highest BCUT2D eigenvalue weighted by Gasteiger charge is 2.21. The van der Waals surface area contributed by atoms with Crippen LogP contribution in [0, 0.1) is 0 Å². The molecule has 1 heterocycles. The van der Waals surface area contributed by atoms with Crippen molar-refractivity contribution in [3.63, 3.8) is 0 Å². The van der Waals surface area contributed by atoms with Crippen LogP contribution >= 0.6 is 0 Å². The highest BCUT2D eigenvalue weighted by Crippen LogP contribution is 2.28. The minimum atomic E-state index is 0.0794. The van der Waals surface area contributed by atoms with E-state index in [-0.39, 0.29) is 6.61 Å². The maximum absolute atomic E-state index is 8.95. The second-order valence-corrected chi connectivity index (χ2v) is 5.11. The van der Waals surface area contributed by atoms with Crippen LogP contribution in [0.25, 0.3) is 0 Å². The number of hydrogen-bond acceptors (Lipinski definition) is 4. The van der Waals surface area contributed by atoms with Crippen molar-refractivity contribution in [2.45, 2.75) is 6.92 Å². The summed E-state index contributed by atoms with van der Waals surface area (Å²) in [6, 6.07) is 8.12. The van der Waals surface area contributed by atoms with Crippen molar-refractivity contribution in [1.29, 1.82) is 0 Å². The van der Waals surface area contributed by atoms with Crippen molar-refractivity contribution in [2.24, 2.45) is 4.99 Å². The molecule has 1 aromatic carbocycles. The highest BCUT2D eigenvalue weighted by molar-refractivity contribution is 5.80. The normalized spacial score (nSPS) is 15.9. The van der Waals surface area contributed by atoms with Crippen LogP contribution in [0.4, 0.5) is 5.69 Å². The summed E-state index contributed by atoms with van der Waals surface area (Å²) in [6.45, 7) is 7.04. The number of guanidine groups is 1. The molecule has 0 spiro atoms. The zero-order chi connectivity index (χ0) is 15.8. The Morgan fingerprint density at radius 1 is 1.27 bits per heavy atom. The number of nitrogens with zero attached hydrogens (tertiary/aromatic N) is 3. The van der Waals surface area contributed by atoms with Crippen molar-refractivity contribution in [3.8, 4) is 5.75 Å². The average Bonchev–Trinajstić information content (AvgIpc) is 2.59. The molecule has 0 unspecified atom stereocenters. The van der Waals surface area contributed by atoms with E-state index in [1.54, 1.807) is 7.11 Å². The summed E-state index contributed by atoms with van der Waals surface area (Å²) < 4.78 is 5.45. The van der Waals surface area contributed by atoms with Crippen LogP contribution in [0.1, 0.15) is 6.92 Å². The zero-order valence-corrected chi connectivity index (χ0v) is 13.5. The molecule has 1 saturated heterocycles. The molecule has 22 heavy (non-hydrogen) atoms. The van der Waals surface area contributed by atoms with Gasteiger partial charge in [-0.2, -0.15) is 0 Å². The Labute approximate surface area is 132 Å². The minimum Gasteiger partial charge on any atom is -0.495 e. The number of benzene rings is 1. The van der Waals surface area contributed by atoms with E-state index in [4.69, 9.17) is 9.84 Å². The topological polar surface area (TPSA) is 60.3 Å². The minimum absolute atomic E-state index is 0.0794. The first-order chi connectivity index (χ1) is 10.8. The summed E-state index contributed by atoms with van der Waals surface area (Å²) in [5, 5.41) is 12.2. The van der Waals surface area contributed by atoms with Gasteiger partial charge >= 0.3 is 0 Å². The summed E-state index contributed by atoms with van der Waals surface area (Å²) in [5.74, 6) is 1.80. The predicted molar refractivity (Wildman–Crippen MR) is 89.8 cm³/mol. The summed E-state index contributed by atoms with van der Waals surface area (Å²) >= 11 is 0. The molecule has 1 aliphatic rings. The molecule has 122 valence electrons. The van der Waals surface area contributed by atoms with Crippen LogP contribution in [0.5, 0.6) is 5.75 Å². The molecule has 0 aromatic heterocycles. The molecular formula is C16H26N4O2. The van der Waals surface area contributed by atoms with Crippen molar-refractivity contribution in [1.82, 2.24) is 10.2 Å². The number of aliphatic hydroxyl groups is 1. The average molecular weight is 306 g/mol. The van der Waals surface area contributed by atoms with E-state index in [0.717, 1.165) is 50.1 Å². The first-order valence-corrected chi connectivity index (χ1v) is 7.82. The second-order valence-electron chi connectivity index (χ2n) is 5.11. The number of rotatable bonds is 5.